The quantitative estimate of drug-likeness (QED) is 0.381. The molecule has 0 aliphatic heterocycles. The van der Waals surface area contributed by atoms with Crippen LogP contribution in [0.15, 0.2) is 51.2 Å². The van der Waals surface area contributed by atoms with Crippen LogP contribution in [0.25, 0.3) is 21.3 Å². The predicted octanol–water partition coefficient (Wildman–Crippen LogP) is 3.99. The van der Waals surface area contributed by atoms with Crippen molar-refractivity contribution in [2.24, 2.45) is 7.05 Å². The van der Waals surface area contributed by atoms with Crippen LogP contribution in [0, 0.1) is 5.82 Å². The predicted molar refractivity (Wildman–Crippen MR) is 112 cm³/mol. The van der Waals surface area contributed by atoms with Crippen LogP contribution in [0.1, 0.15) is 0 Å². The van der Waals surface area contributed by atoms with Crippen LogP contribution < -0.4 is 10.9 Å². The van der Waals surface area contributed by atoms with Crippen LogP contribution in [0.3, 0.4) is 0 Å². The number of thiazole rings is 1. The highest BCUT2D eigenvalue weighted by atomic mass is 32.2. The number of carbonyl (C=O) groups excluding carboxylic acids is 1. The minimum Gasteiger partial charge on any atom is -0.301 e. The molecular weight excluding hydrogens is 419 g/mol. The molecule has 1 aromatic carbocycles. The molecule has 3 aromatic heterocycles. The maximum absolute atomic E-state index is 13.2. The Hall–Kier alpha value is -2.56. The second-order valence-corrected chi connectivity index (χ2v) is 8.46. The van der Waals surface area contributed by atoms with Gasteiger partial charge in [-0.3, -0.25) is 14.2 Å². The highest BCUT2D eigenvalue weighted by molar-refractivity contribution is 7.99. The van der Waals surface area contributed by atoms with Crippen LogP contribution >= 0.6 is 34.4 Å². The van der Waals surface area contributed by atoms with Gasteiger partial charge in [-0.15, -0.1) is 22.7 Å². The van der Waals surface area contributed by atoms with E-state index >= 15 is 0 Å². The Morgan fingerprint density at radius 3 is 2.79 bits per heavy atom. The molecule has 1 N–H and O–H groups in total. The molecule has 28 heavy (non-hydrogen) atoms. The van der Waals surface area contributed by atoms with E-state index in [-0.39, 0.29) is 23.0 Å². The molecule has 0 spiro atoms. The summed E-state index contributed by atoms with van der Waals surface area (Å²) in [5.41, 5.74) is 1.29. The molecule has 4 rings (SSSR count). The number of hydrogen-bond acceptors (Lipinski definition) is 7. The topological polar surface area (TPSA) is 76.9 Å². The van der Waals surface area contributed by atoms with Gasteiger partial charge in [-0.25, -0.2) is 14.4 Å². The van der Waals surface area contributed by atoms with Crippen molar-refractivity contribution in [1.29, 1.82) is 0 Å². The first-order valence-corrected chi connectivity index (χ1v) is 10.8. The molecule has 0 saturated heterocycles. The summed E-state index contributed by atoms with van der Waals surface area (Å²) >= 11 is 3.87. The number of nitrogens with one attached hydrogen (secondary N) is 1. The third-order valence-electron chi connectivity index (χ3n) is 3.94. The van der Waals surface area contributed by atoms with Gasteiger partial charge >= 0.3 is 0 Å². The van der Waals surface area contributed by atoms with E-state index in [1.54, 1.807) is 30.8 Å². The second-order valence-electron chi connectivity index (χ2n) is 5.77. The molecule has 0 unspecified atom stereocenters. The van der Waals surface area contributed by atoms with Gasteiger partial charge in [-0.2, -0.15) is 0 Å². The van der Waals surface area contributed by atoms with Crippen molar-refractivity contribution in [2.75, 3.05) is 11.1 Å². The van der Waals surface area contributed by atoms with Gasteiger partial charge in [0, 0.05) is 29.6 Å². The van der Waals surface area contributed by atoms with Gasteiger partial charge in [-0.05, 0) is 17.7 Å². The number of halogens is 1. The van der Waals surface area contributed by atoms with Gasteiger partial charge < -0.3 is 5.32 Å². The van der Waals surface area contributed by atoms with E-state index in [0.717, 1.165) is 11.1 Å². The Kier molecular flexibility index (Phi) is 5.25. The van der Waals surface area contributed by atoms with Crippen LogP contribution in [0.5, 0.6) is 0 Å². The molecule has 0 radical (unpaired) electrons. The molecule has 0 atom stereocenters. The van der Waals surface area contributed by atoms with Gasteiger partial charge in [0.15, 0.2) is 10.3 Å². The van der Waals surface area contributed by atoms with Crippen LogP contribution in [0.2, 0.25) is 0 Å². The number of amides is 1. The van der Waals surface area contributed by atoms with E-state index in [4.69, 9.17) is 0 Å². The zero-order valence-electron chi connectivity index (χ0n) is 14.5. The molecule has 0 bridgehead atoms. The summed E-state index contributed by atoms with van der Waals surface area (Å²) in [4.78, 5) is 34.1. The summed E-state index contributed by atoms with van der Waals surface area (Å²) in [7, 11) is 1.63. The Labute approximate surface area is 171 Å². The lowest BCUT2D eigenvalue weighted by molar-refractivity contribution is -0.113. The number of thioether (sulfide) groups is 1. The molecule has 0 saturated carbocycles. The third kappa shape index (κ3) is 3.71. The van der Waals surface area contributed by atoms with Crippen LogP contribution in [-0.4, -0.2) is 26.2 Å². The fourth-order valence-corrected chi connectivity index (χ4v) is 4.90. The standard InChI is InChI=1S/C18H13FN4O2S3/c1-23-16(25)14-12(10-2-4-11(19)5-3-10)8-27-15(14)22-18(23)28-9-13(24)21-17-20-6-7-26-17/h2-8H,9H2,1H3,(H,20,21,24). The van der Waals surface area contributed by atoms with Crippen molar-refractivity contribution >= 4 is 55.7 Å². The molecule has 0 aliphatic carbocycles. The molecule has 0 aliphatic rings. The number of anilines is 1. The lowest BCUT2D eigenvalue weighted by Gasteiger charge is -2.08. The summed E-state index contributed by atoms with van der Waals surface area (Å²) in [5, 5.41) is 7.80. The van der Waals surface area contributed by atoms with E-state index in [9.17, 15) is 14.0 Å². The minimum absolute atomic E-state index is 0.113. The molecule has 142 valence electrons. The lowest BCUT2D eigenvalue weighted by Crippen LogP contribution is -2.21. The second kappa shape index (κ2) is 7.82. The molecule has 6 nitrogen and oxygen atoms in total. The summed E-state index contributed by atoms with van der Waals surface area (Å²) in [5.74, 6) is -0.432. The first-order valence-electron chi connectivity index (χ1n) is 8.09. The smallest absolute Gasteiger partial charge is 0.263 e. The Balaban J connectivity index is 1.61. The van der Waals surface area contributed by atoms with Gasteiger partial charge in [0.1, 0.15) is 10.6 Å². The van der Waals surface area contributed by atoms with Gasteiger partial charge in [-0.1, -0.05) is 23.9 Å². The van der Waals surface area contributed by atoms with Crippen molar-refractivity contribution in [3.05, 3.63) is 57.4 Å². The average molecular weight is 433 g/mol. The molecule has 3 heterocycles. The van der Waals surface area contributed by atoms with Gasteiger partial charge in [0.05, 0.1) is 11.1 Å². The minimum atomic E-state index is -0.330. The Morgan fingerprint density at radius 2 is 2.07 bits per heavy atom. The zero-order chi connectivity index (χ0) is 19.7. The number of hydrogen-bond donors (Lipinski definition) is 1. The zero-order valence-corrected chi connectivity index (χ0v) is 17.0. The van der Waals surface area contributed by atoms with Crippen molar-refractivity contribution in [2.45, 2.75) is 5.16 Å². The number of fused-ring (bicyclic) bond motifs is 1. The first-order chi connectivity index (χ1) is 13.5. The van der Waals surface area contributed by atoms with E-state index in [1.807, 2.05) is 5.38 Å². The van der Waals surface area contributed by atoms with Crippen molar-refractivity contribution in [3.63, 3.8) is 0 Å². The number of carbonyl (C=O) groups is 1. The summed E-state index contributed by atoms with van der Waals surface area (Å²) in [6, 6.07) is 6.01. The van der Waals surface area contributed by atoms with Crippen molar-refractivity contribution < 1.29 is 9.18 Å². The molecule has 4 aromatic rings. The Morgan fingerprint density at radius 1 is 1.29 bits per heavy atom. The van der Waals surface area contributed by atoms with Crippen molar-refractivity contribution in [1.82, 2.24) is 14.5 Å². The van der Waals surface area contributed by atoms with Crippen LogP contribution in [0.4, 0.5) is 9.52 Å². The molecule has 10 heteroatoms. The fourth-order valence-electron chi connectivity index (χ4n) is 2.59. The van der Waals surface area contributed by atoms with E-state index in [0.29, 0.717) is 20.5 Å². The maximum atomic E-state index is 13.2. The Bertz CT molecular complexity index is 1200. The SMILES string of the molecule is Cn1c(SCC(=O)Nc2nccs2)nc2scc(-c3ccc(F)cc3)c2c1=O. The number of aromatic nitrogens is 3. The number of rotatable bonds is 5. The molecule has 0 fully saturated rings. The van der Waals surface area contributed by atoms with E-state index < -0.39 is 0 Å². The fraction of sp³-hybridized carbons (Fsp3) is 0.111. The monoisotopic (exact) mass is 432 g/mol. The normalized spacial score (nSPS) is 11.1. The largest absolute Gasteiger partial charge is 0.301 e. The third-order valence-corrected chi connectivity index (χ3v) is 6.53. The number of thiophene rings is 1. The highest BCUT2D eigenvalue weighted by Gasteiger charge is 2.16. The molecular formula is C18H13FN4O2S3. The number of nitrogens with zero attached hydrogens (tertiary/aromatic N) is 3. The molecule has 1 amide bonds. The van der Waals surface area contributed by atoms with Gasteiger partial charge in [0.25, 0.3) is 5.56 Å². The first kappa shape index (κ1) is 18.8. The summed E-state index contributed by atoms with van der Waals surface area (Å²) in [6.07, 6.45) is 1.61. The summed E-state index contributed by atoms with van der Waals surface area (Å²) in [6.45, 7) is 0. The highest BCUT2D eigenvalue weighted by Crippen LogP contribution is 2.32. The van der Waals surface area contributed by atoms with E-state index in [1.165, 1.54) is 51.1 Å². The van der Waals surface area contributed by atoms with Gasteiger partial charge in [0.2, 0.25) is 5.91 Å². The number of benzene rings is 1. The lowest BCUT2D eigenvalue weighted by atomic mass is 10.1. The average Bonchev–Trinajstić information content (AvgIpc) is 3.34. The summed E-state index contributed by atoms with van der Waals surface area (Å²) < 4.78 is 14.6. The van der Waals surface area contributed by atoms with Crippen LogP contribution in [-0.2, 0) is 11.8 Å². The van der Waals surface area contributed by atoms with E-state index in [2.05, 4.69) is 15.3 Å². The van der Waals surface area contributed by atoms with Crippen molar-refractivity contribution in [3.8, 4) is 11.1 Å². The maximum Gasteiger partial charge on any atom is 0.263 e.